The second-order valence-corrected chi connectivity index (χ2v) is 5.66. The molecule has 1 amide bonds. The smallest absolute Gasteiger partial charge is 0.311 e. The van der Waals surface area contributed by atoms with Gasteiger partial charge in [0, 0.05) is 6.54 Å². The van der Waals surface area contributed by atoms with E-state index >= 15 is 0 Å². The Hall–Kier alpha value is -1.50. The van der Waals surface area contributed by atoms with Gasteiger partial charge in [0.25, 0.3) is 5.91 Å². The lowest BCUT2D eigenvalue weighted by Crippen LogP contribution is -2.34. The van der Waals surface area contributed by atoms with Crippen molar-refractivity contribution in [2.75, 3.05) is 6.54 Å². The van der Waals surface area contributed by atoms with Gasteiger partial charge in [-0.15, -0.1) is 5.10 Å². The fraction of sp³-hybridized carbons (Fsp3) is 0.636. The average molecular weight is 269 g/mol. The summed E-state index contributed by atoms with van der Waals surface area (Å²) in [5.74, 6) is -0.991. The van der Waals surface area contributed by atoms with Gasteiger partial charge in [0.2, 0.25) is 0 Å². The van der Waals surface area contributed by atoms with Crippen molar-refractivity contribution < 1.29 is 14.7 Å². The van der Waals surface area contributed by atoms with Gasteiger partial charge in [-0.1, -0.05) is 18.3 Å². The molecular formula is C11H15N3O3S. The van der Waals surface area contributed by atoms with Crippen molar-refractivity contribution in [3.63, 3.8) is 0 Å². The Bertz CT molecular complexity index is 480. The van der Waals surface area contributed by atoms with Crippen LogP contribution in [0.15, 0.2) is 0 Å². The van der Waals surface area contributed by atoms with Crippen LogP contribution >= 0.6 is 11.5 Å². The molecule has 0 radical (unpaired) electrons. The van der Waals surface area contributed by atoms with Gasteiger partial charge in [-0.2, -0.15) is 0 Å². The molecule has 1 aromatic rings. The van der Waals surface area contributed by atoms with Crippen LogP contribution in [-0.4, -0.2) is 33.1 Å². The van der Waals surface area contributed by atoms with Crippen LogP contribution in [0, 0.1) is 5.41 Å². The first-order valence-corrected chi connectivity index (χ1v) is 6.57. The molecule has 1 aliphatic carbocycles. The van der Waals surface area contributed by atoms with E-state index in [1.165, 1.54) is 0 Å². The maximum Gasteiger partial charge on any atom is 0.311 e. The lowest BCUT2D eigenvalue weighted by Gasteiger charge is -2.11. The van der Waals surface area contributed by atoms with E-state index in [1.54, 1.807) is 0 Å². The third-order valence-corrected chi connectivity index (χ3v) is 3.90. The Morgan fingerprint density at radius 3 is 2.67 bits per heavy atom. The molecule has 0 spiro atoms. The van der Waals surface area contributed by atoms with Crippen LogP contribution in [-0.2, 0) is 4.79 Å². The van der Waals surface area contributed by atoms with E-state index in [0.717, 1.165) is 11.5 Å². The van der Waals surface area contributed by atoms with E-state index < -0.39 is 11.4 Å². The van der Waals surface area contributed by atoms with E-state index in [0.29, 0.717) is 23.4 Å². The van der Waals surface area contributed by atoms with Gasteiger partial charge < -0.3 is 10.4 Å². The zero-order chi connectivity index (χ0) is 13.3. The van der Waals surface area contributed by atoms with Crippen LogP contribution in [0.25, 0.3) is 0 Å². The lowest BCUT2D eigenvalue weighted by molar-refractivity contribution is -0.143. The number of carbonyl (C=O) groups is 2. The quantitative estimate of drug-likeness (QED) is 0.839. The number of amides is 1. The second kappa shape index (κ2) is 4.64. The summed E-state index contributed by atoms with van der Waals surface area (Å²) in [6, 6.07) is 0. The number of carbonyl (C=O) groups excluding carboxylic acids is 1. The molecule has 7 heteroatoms. The molecule has 1 aromatic heterocycles. The molecule has 0 aromatic carbocycles. The van der Waals surface area contributed by atoms with Gasteiger partial charge >= 0.3 is 5.97 Å². The highest BCUT2D eigenvalue weighted by atomic mass is 32.1. The van der Waals surface area contributed by atoms with Crippen molar-refractivity contribution in [3.8, 4) is 0 Å². The van der Waals surface area contributed by atoms with E-state index in [9.17, 15) is 9.59 Å². The van der Waals surface area contributed by atoms with Gasteiger partial charge in [0.05, 0.1) is 11.1 Å². The van der Waals surface area contributed by atoms with Crippen molar-refractivity contribution >= 4 is 23.4 Å². The minimum atomic E-state index is -0.839. The predicted octanol–water partition coefficient (Wildman–Crippen LogP) is 1.26. The van der Waals surface area contributed by atoms with Crippen LogP contribution in [0.3, 0.4) is 0 Å². The third kappa shape index (κ3) is 2.35. The van der Waals surface area contributed by atoms with Crippen molar-refractivity contribution in [2.45, 2.75) is 32.6 Å². The van der Waals surface area contributed by atoms with Crippen LogP contribution in [0.5, 0.6) is 0 Å². The second-order valence-electron chi connectivity index (χ2n) is 4.91. The van der Waals surface area contributed by atoms with Gasteiger partial charge in [0.1, 0.15) is 4.88 Å². The number of rotatable bonds is 5. The molecule has 1 heterocycles. The molecule has 2 rings (SSSR count). The summed E-state index contributed by atoms with van der Waals surface area (Å²) in [6.45, 7) is 4.05. The first-order chi connectivity index (χ1) is 8.46. The SMILES string of the molecule is CC(C)c1nnsc1C(=O)NCC1(C(=O)O)CC1. The van der Waals surface area contributed by atoms with Crippen LogP contribution in [0.1, 0.15) is 48.0 Å². The highest BCUT2D eigenvalue weighted by Crippen LogP contribution is 2.45. The molecular weight excluding hydrogens is 254 g/mol. The largest absolute Gasteiger partial charge is 0.481 e. The molecule has 18 heavy (non-hydrogen) atoms. The molecule has 0 aliphatic heterocycles. The zero-order valence-corrected chi connectivity index (χ0v) is 11.1. The number of hydrogen-bond donors (Lipinski definition) is 2. The van der Waals surface area contributed by atoms with E-state index in [4.69, 9.17) is 5.11 Å². The summed E-state index contributed by atoms with van der Waals surface area (Å²) < 4.78 is 3.77. The first-order valence-electron chi connectivity index (χ1n) is 5.80. The number of carboxylic acid groups (broad SMARTS) is 1. The molecule has 0 saturated heterocycles. The molecule has 98 valence electrons. The Kier molecular flexibility index (Phi) is 3.34. The van der Waals surface area contributed by atoms with E-state index in [1.807, 2.05) is 13.8 Å². The molecule has 6 nitrogen and oxygen atoms in total. The maximum absolute atomic E-state index is 12.0. The minimum Gasteiger partial charge on any atom is -0.481 e. The topological polar surface area (TPSA) is 92.2 Å². The number of nitrogens with one attached hydrogen (secondary N) is 1. The van der Waals surface area contributed by atoms with E-state index in [2.05, 4.69) is 14.9 Å². The van der Waals surface area contributed by atoms with Gasteiger partial charge in [-0.05, 0) is 30.3 Å². The number of aliphatic carboxylic acids is 1. The summed E-state index contributed by atoms with van der Waals surface area (Å²) in [5.41, 5.74) is -0.0798. The normalized spacial score (nSPS) is 16.6. The molecule has 2 N–H and O–H groups in total. The summed E-state index contributed by atoms with van der Waals surface area (Å²) in [4.78, 5) is 23.4. The molecule has 0 unspecified atom stereocenters. The number of hydrogen-bond acceptors (Lipinski definition) is 5. The monoisotopic (exact) mass is 269 g/mol. The summed E-state index contributed by atoms with van der Waals surface area (Å²) >= 11 is 1.04. The van der Waals surface area contributed by atoms with Gasteiger partial charge in [-0.3, -0.25) is 9.59 Å². The highest BCUT2D eigenvalue weighted by Gasteiger charge is 2.50. The summed E-state index contributed by atoms with van der Waals surface area (Å²) in [7, 11) is 0. The Labute approximate surface area is 109 Å². The Morgan fingerprint density at radius 2 is 2.17 bits per heavy atom. The first kappa shape index (κ1) is 12.9. The highest BCUT2D eigenvalue weighted by molar-refractivity contribution is 7.08. The fourth-order valence-electron chi connectivity index (χ4n) is 1.68. The number of carboxylic acids is 1. The summed E-state index contributed by atoms with van der Waals surface area (Å²) in [6.07, 6.45) is 1.25. The van der Waals surface area contributed by atoms with Gasteiger partial charge in [0.15, 0.2) is 0 Å². The standard InChI is InChI=1S/C11H15N3O3S/c1-6(2)7-8(18-14-13-7)9(15)12-5-11(3-4-11)10(16)17/h6H,3-5H2,1-2H3,(H,12,15)(H,16,17). The molecule has 0 bridgehead atoms. The average Bonchev–Trinajstić information content (AvgIpc) is 2.94. The van der Waals surface area contributed by atoms with Crippen LogP contribution in [0.4, 0.5) is 0 Å². The molecule has 1 fully saturated rings. The fourth-order valence-corrected chi connectivity index (χ4v) is 2.42. The maximum atomic E-state index is 12.0. The Morgan fingerprint density at radius 1 is 1.50 bits per heavy atom. The molecule has 1 aliphatic rings. The van der Waals surface area contributed by atoms with Crippen molar-refractivity contribution in [2.24, 2.45) is 5.41 Å². The predicted molar refractivity (Wildman–Crippen MR) is 65.6 cm³/mol. The van der Waals surface area contributed by atoms with Crippen molar-refractivity contribution in [1.29, 1.82) is 0 Å². The molecule has 0 atom stereocenters. The van der Waals surface area contributed by atoms with Crippen molar-refractivity contribution in [1.82, 2.24) is 14.9 Å². The minimum absolute atomic E-state index is 0.124. The summed E-state index contributed by atoms with van der Waals surface area (Å²) in [5, 5.41) is 15.6. The zero-order valence-electron chi connectivity index (χ0n) is 10.3. The third-order valence-electron chi connectivity index (χ3n) is 3.16. The van der Waals surface area contributed by atoms with E-state index in [-0.39, 0.29) is 18.4 Å². The number of aromatic nitrogens is 2. The van der Waals surface area contributed by atoms with Crippen LogP contribution in [0.2, 0.25) is 0 Å². The van der Waals surface area contributed by atoms with Crippen LogP contribution < -0.4 is 5.32 Å². The molecule has 1 saturated carbocycles. The lowest BCUT2D eigenvalue weighted by atomic mass is 10.1. The number of nitrogens with zero attached hydrogens (tertiary/aromatic N) is 2. The van der Waals surface area contributed by atoms with Gasteiger partial charge in [-0.25, -0.2) is 0 Å². The van der Waals surface area contributed by atoms with Crippen molar-refractivity contribution in [3.05, 3.63) is 10.6 Å². The Balaban J connectivity index is 2.00.